The van der Waals surface area contributed by atoms with Crippen LogP contribution in [0.25, 0.3) is 22.6 Å². The van der Waals surface area contributed by atoms with Gasteiger partial charge in [-0.25, -0.2) is 4.98 Å². The van der Waals surface area contributed by atoms with E-state index in [4.69, 9.17) is 14.3 Å². The molecule has 194 valence electrons. The predicted molar refractivity (Wildman–Crippen MR) is 153 cm³/mol. The third-order valence-electron chi connectivity index (χ3n) is 5.87. The zero-order valence-corrected chi connectivity index (χ0v) is 22.3. The molecular weight excluding hydrogens is 562 g/mol. The maximum Gasteiger partial charge on any atom is 0.307 e. The second-order valence-electron chi connectivity index (χ2n) is 8.62. The highest BCUT2D eigenvalue weighted by atomic mass is 79.9. The number of amides is 1. The van der Waals surface area contributed by atoms with E-state index in [1.165, 1.54) is 0 Å². The molecule has 0 spiro atoms. The number of nitrogens with one attached hydrogen (secondary N) is 1. The molecule has 5 aromatic rings. The number of oxazole rings is 1. The van der Waals surface area contributed by atoms with Gasteiger partial charge in [0.1, 0.15) is 11.3 Å². The van der Waals surface area contributed by atoms with Gasteiger partial charge in [-0.1, -0.05) is 18.2 Å². The van der Waals surface area contributed by atoms with E-state index in [9.17, 15) is 9.59 Å². The first-order valence-electron chi connectivity index (χ1n) is 11.9. The Morgan fingerprint density at radius 1 is 1.03 bits per heavy atom. The Morgan fingerprint density at radius 2 is 1.79 bits per heavy atom. The lowest BCUT2D eigenvalue weighted by Gasteiger charge is -2.08. The van der Waals surface area contributed by atoms with Gasteiger partial charge in [-0.2, -0.15) is 0 Å². The Labute approximate surface area is 232 Å². The van der Waals surface area contributed by atoms with Gasteiger partial charge in [0.2, 0.25) is 5.89 Å². The minimum absolute atomic E-state index is 0.0654. The quantitative estimate of drug-likeness (QED) is 0.192. The highest BCUT2D eigenvalue weighted by Crippen LogP contribution is 2.28. The number of methoxy groups -OCH3 is 1. The second-order valence-corrected chi connectivity index (χ2v) is 9.48. The zero-order valence-electron chi connectivity index (χ0n) is 20.7. The molecule has 1 aromatic heterocycles. The van der Waals surface area contributed by atoms with E-state index in [0.29, 0.717) is 44.0 Å². The van der Waals surface area contributed by atoms with E-state index in [0.717, 1.165) is 16.8 Å². The number of fused-ring (bicyclic) bond motifs is 1. The van der Waals surface area contributed by atoms with Crippen molar-refractivity contribution in [3.05, 3.63) is 106 Å². The van der Waals surface area contributed by atoms with E-state index < -0.39 is 5.97 Å². The normalized spacial score (nSPS) is 11.1. The summed E-state index contributed by atoms with van der Waals surface area (Å²) in [6.45, 7) is 0. The Bertz CT molecular complexity index is 1690. The van der Waals surface area contributed by atoms with Crippen molar-refractivity contribution < 1.29 is 23.8 Å². The number of rotatable bonds is 8. The van der Waals surface area contributed by atoms with Gasteiger partial charge in [-0.15, -0.1) is 0 Å². The molecule has 0 aliphatic rings. The van der Waals surface area contributed by atoms with Crippen LogP contribution in [0.3, 0.4) is 0 Å². The molecule has 8 nitrogen and oxygen atoms in total. The largest absolute Gasteiger partial charge is 0.496 e. The lowest BCUT2D eigenvalue weighted by molar-refractivity contribution is -0.136. The highest BCUT2D eigenvalue weighted by molar-refractivity contribution is 9.10. The van der Waals surface area contributed by atoms with E-state index in [1.54, 1.807) is 49.7 Å². The van der Waals surface area contributed by atoms with Gasteiger partial charge in [0.25, 0.3) is 5.91 Å². The summed E-state index contributed by atoms with van der Waals surface area (Å²) in [4.78, 5) is 32.5. The molecule has 5 rings (SSSR count). The summed E-state index contributed by atoms with van der Waals surface area (Å²) in [5, 5.41) is 11.9. The first kappa shape index (κ1) is 25.9. The summed E-state index contributed by atoms with van der Waals surface area (Å²) in [7, 11) is 1.57. The Kier molecular flexibility index (Phi) is 7.51. The van der Waals surface area contributed by atoms with Crippen LogP contribution in [0.2, 0.25) is 0 Å². The molecule has 1 amide bonds. The van der Waals surface area contributed by atoms with Crippen LogP contribution >= 0.6 is 15.9 Å². The average molecular weight is 584 g/mol. The third kappa shape index (κ3) is 6.22. The monoisotopic (exact) mass is 583 g/mol. The maximum absolute atomic E-state index is 12.6. The van der Waals surface area contributed by atoms with Crippen LogP contribution in [0, 0.1) is 0 Å². The fourth-order valence-corrected chi connectivity index (χ4v) is 4.42. The molecule has 39 heavy (non-hydrogen) atoms. The van der Waals surface area contributed by atoms with Crippen LogP contribution in [-0.2, 0) is 11.2 Å². The number of aromatic nitrogens is 1. The fourth-order valence-electron chi connectivity index (χ4n) is 3.88. The van der Waals surface area contributed by atoms with Gasteiger partial charge in [0, 0.05) is 23.0 Å². The lowest BCUT2D eigenvalue weighted by Crippen LogP contribution is -2.11. The van der Waals surface area contributed by atoms with Crippen molar-refractivity contribution in [3.8, 4) is 17.2 Å². The van der Waals surface area contributed by atoms with Crippen molar-refractivity contribution in [2.45, 2.75) is 6.42 Å². The van der Waals surface area contributed by atoms with E-state index >= 15 is 0 Å². The number of hydrogen-bond donors (Lipinski definition) is 2. The maximum atomic E-state index is 12.6. The molecule has 0 radical (unpaired) electrons. The number of aliphatic carboxylic acids is 1. The van der Waals surface area contributed by atoms with Gasteiger partial charge >= 0.3 is 5.97 Å². The van der Waals surface area contributed by atoms with Crippen LogP contribution in [0.5, 0.6) is 5.75 Å². The number of nitrogens with zero attached hydrogens (tertiary/aromatic N) is 2. The van der Waals surface area contributed by atoms with Crippen LogP contribution in [-0.4, -0.2) is 35.3 Å². The molecule has 1 heterocycles. The Hall–Kier alpha value is -4.76. The van der Waals surface area contributed by atoms with Gasteiger partial charge in [0.15, 0.2) is 5.58 Å². The molecule has 2 N–H and O–H groups in total. The summed E-state index contributed by atoms with van der Waals surface area (Å²) in [5.74, 6) is -0.00795. The number of anilines is 1. The van der Waals surface area contributed by atoms with Crippen molar-refractivity contribution in [1.29, 1.82) is 0 Å². The van der Waals surface area contributed by atoms with E-state index in [1.807, 2.05) is 48.5 Å². The number of carboxylic acids is 1. The molecule has 0 saturated heterocycles. The van der Waals surface area contributed by atoms with Crippen LogP contribution < -0.4 is 10.1 Å². The smallest absolute Gasteiger partial charge is 0.307 e. The predicted octanol–water partition coefficient (Wildman–Crippen LogP) is 6.90. The van der Waals surface area contributed by atoms with Crippen LogP contribution in [0.1, 0.15) is 21.5 Å². The van der Waals surface area contributed by atoms with Gasteiger partial charge in [-0.3, -0.25) is 14.6 Å². The zero-order chi connectivity index (χ0) is 27.4. The van der Waals surface area contributed by atoms with Crippen LogP contribution in [0.4, 0.5) is 11.4 Å². The molecule has 0 bridgehead atoms. The van der Waals surface area contributed by atoms with Gasteiger partial charge in [-0.05, 0) is 93.8 Å². The topological polar surface area (TPSA) is 114 Å². The number of aliphatic imine (C=N–C) groups is 1. The molecule has 0 unspecified atom stereocenters. The second kappa shape index (κ2) is 11.3. The number of halogens is 1. The summed E-state index contributed by atoms with van der Waals surface area (Å²) in [6.07, 6.45) is 1.68. The number of benzene rings is 4. The Balaban J connectivity index is 1.22. The average Bonchev–Trinajstić information content (AvgIpc) is 3.36. The first-order valence-corrected chi connectivity index (χ1v) is 12.7. The van der Waals surface area contributed by atoms with Crippen molar-refractivity contribution in [1.82, 2.24) is 4.98 Å². The third-order valence-corrected chi connectivity index (χ3v) is 6.49. The van der Waals surface area contributed by atoms with Crippen molar-refractivity contribution in [2.75, 3.05) is 12.4 Å². The van der Waals surface area contributed by atoms with Crippen molar-refractivity contribution in [2.24, 2.45) is 4.99 Å². The molecule has 0 saturated carbocycles. The molecule has 0 aliphatic heterocycles. The lowest BCUT2D eigenvalue weighted by atomic mass is 10.1. The molecule has 9 heteroatoms. The number of hydrogen-bond acceptors (Lipinski definition) is 6. The number of ether oxygens (including phenoxy) is 1. The molecule has 0 fully saturated rings. The van der Waals surface area contributed by atoms with E-state index in [2.05, 4.69) is 31.2 Å². The summed E-state index contributed by atoms with van der Waals surface area (Å²) in [5.41, 5.74) is 5.47. The standard InChI is InChI=1S/C30H22BrN3O5/c1-38-26-13-7-21(16-24(26)31)29(37)33-23-8-2-18(3-9-23)17-32-22-10-5-20(6-11-22)30-34-25-14-19(15-28(35)36)4-12-27(25)39-30/h2-14,16-17H,15H2,1H3,(H,33,37)(H,35,36). The molecule has 0 aliphatic carbocycles. The molecule has 0 atom stereocenters. The van der Waals surface area contributed by atoms with Crippen LogP contribution in [0.15, 0.2) is 98.8 Å². The molecular formula is C30H22BrN3O5. The summed E-state index contributed by atoms with van der Waals surface area (Å²) < 4.78 is 11.7. The number of carbonyl (C=O) groups is 2. The van der Waals surface area contributed by atoms with E-state index in [-0.39, 0.29) is 12.3 Å². The Morgan fingerprint density at radius 3 is 2.49 bits per heavy atom. The van der Waals surface area contributed by atoms with Gasteiger partial charge in [0.05, 0.1) is 23.7 Å². The molecule has 4 aromatic carbocycles. The minimum atomic E-state index is -0.893. The minimum Gasteiger partial charge on any atom is -0.496 e. The number of carboxylic acid groups (broad SMARTS) is 1. The summed E-state index contributed by atoms with van der Waals surface area (Å²) >= 11 is 3.39. The first-order chi connectivity index (χ1) is 18.9. The van der Waals surface area contributed by atoms with Crippen molar-refractivity contribution >= 4 is 56.5 Å². The van der Waals surface area contributed by atoms with Gasteiger partial charge < -0.3 is 19.6 Å². The van der Waals surface area contributed by atoms with Crippen molar-refractivity contribution in [3.63, 3.8) is 0 Å². The number of carbonyl (C=O) groups excluding carboxylic acids is 1. The fraction of sp³-hybridized carbons (Fsp3) is 0.0667. The SMILES string of the molecule is COc1ccc(C(=O)Nc2ccc(C=Nc3ccc(-c4nc5cc(CC(=O)O)ccc5o4)cc3)cc2)cc1Br. The highest BCUT2D eigenvalue weighted by Gasteiger charge is 2.11. The summed E-state index contributed by atoms with van der Waals surface area (Å²) in [6, 6.07) is 25.2.